The van der Waals surface area contributed by atoms with Crippen LogP contribution in [0.25, 0.3) is 0 Å². The van der Waals surface area contributed by atoms with Gasteiger partial charge in [0, 0.05) is 31.1 Å². The molecule has 2 amide bonds. The first-order valence-corrected chi connectivity index (χ1v) is 10.3. The minimum Gasteiger partial charge on any atom is -0.355 e. The molecule has 1 saturated heterocycles. The molecule has 0 unspecified atom stereocenters. The van der Waals surface area contributed by atoms with E-state index in [1.807, 2.05) is 29.2 Å². The molecule has 142 valence electrons. The zero-order valence-electron chi connectivity index (χ0n) is 15.4. The van der Waals surface area contributed by atoms with Crippen LogP contribution in [0.5, 0.6) is 0 Å². The van der Waals surface area contributed by atoms with Gasteiger partial charge in [0.15, 0.2) is 0 Å². The first-order chi connectivity index (χ1) is 12.6. The summed E-state index contributed by atoms with van der Waals surface area (Å²) >= 11 is 6.01. The van der Waals surface area contributed by atoms with Crippen LogP contribution >= 0.6 is 11.6 Å². The van der Waals surface area contributed by atoms with Crippen molar-refractivity contribution in [1.82, 2.24) is 10.2 Å². The molecule has 1 aromatic carbocycles. The Morgan fingerprint density at radius 2 is 1.81 bits per heavy atom. The van der Waals surface area contributed by atoms with Crippen molar-refractivity contribution in [2.75, 3.05) is 19.6 Å². The van der Waals surface area contributed by atoms with Crippen LogP contribution < -0.4 is 5.32 Å². The second-order valence-electron chi connectivity index (χ2n) is 7.60. The van der Waals surface area contributed by atoms with Gasteiger partial charge in [-0.15, -0.1) is 0 Å². The molecule has 0 spiro atoms. The zero-order chi connectivity index (χ0) is 18.4. The standard InChI is InChI=1S/C21H29ClN2O2/c22-18-10-8-17(9-11-18)21(12-3-4-13-21)20(26)23-14-6-16-24-15-5-1-2-7-19(24)25/h8-11H,1-7,12-16H2,(H,23,26). The predicted octanol–water partition coefficient (Wildman–Crippen LogP) is 4.06. The number of amides is 2. The van der Waals surface area contributed by atoms with E-state index in [0.717, 1.165) is 70.0 Å². The molecule has 3 rings (SSSR count). The van der Waals surface area contributed by atoms with Crippen LogP contribution in [0.15, 0.2) is 24.3 Å². The Bertz CT molecular complexity index is 623. The van der Waals surface area contributed by atoms with E-state index >= 15 is 0 Å². The molecule has 1 N–H and O–H groups in total. The molecule has 0 atom stereocenters. The lowest BCUT2D eigenvalue weighted by Gasteiger charge is -2.29. The molecular weight excluding hydrogens is 348 g/mol. The molecule has 1 heterocycles. The lowest BCUT2D eigenvalue weighted by atomic mass is 9.78. The van der Waals surface area contributed by atoms with Crippen molar-refractivity contribution in [2.24, 2.45) is 0 Å². The van der Waals surface area contributed by atoms with Gasteiger partial charge in [-0.2, -0.15) is 0 Å². The van der Waals surface area contributed by atoms with E-state index in [1.54, 1.807) is 0 Å². The Kier molecular flexibility index (Phi) is 6.58. The molecule has 0 aromatic heterocycles. The van der Waals surface area contributed by atoms with Crippen LogP contribution in [0, 0.1) is 0 Å². The van der Waals surface area contributed by atoms with Crippen molar-refractivity contribution in [3.05, 3.63) is 34.9 Å². The number of carbonyl (C=O) groups excluding carboxylic acids is 2. The van der Waals surface area contributed by atoms with E-state index in [-0.39, 0.29) is 11.8 Å². The maximum Gasteiger partial charge on any atom is 0.230 e. The third-order valence-corrected chi connectivity index (χ3v) is 6.10. The van der Waals surface area contributed by atoms with E-state index in [2.05, 4.69) is 5.32 Å². The summed E-state index contributed by atoms with van der Waals surface area (Å²) in [4.78, 5) is 27.0. The highest BCUT2D eigenvalue weighted by Gasteiger charge is 2.42. The summed E-state index contributed by atoms with van der Waals surface area (Å²) in [5.41, 5.74) is 0.655. The first kappa shape index (κ1) is 19.2. The van der Waals surface area contributed by atoms with Gasteiger partial charge >= 0.3 is 0 Å². The molecule has 0 radical (unpaired) electrons. The van der Waals surface area contributed by atoms with Gasteiger partial charge < -0.3 is 10.2 Å². The summed E-state index contributed by atoms with van der Waals surface area (Å²) in [7, 11) is 0. The van der Waals surface area contributed by atoms with Crippen molar-refractivity contribution < 1.29 is 9.59 Å². The van der Waals surface area contributed by atoms with Gasteiger partial charge in [-0.3, -0.25) is 9.59 Å². The van der Waals surface area contributed by atoms with E-state index < -0.39 is 5.41 Å². The second-order valence-corrected chi connectivity index (χ2v) is 8.03. The fourth-order valence-electron chi connectivity index (χ4n) is 4.31. The van der Waals surface area contributed by atoms with Gasteiger partial charge in [0.25, 0.3) is 0 Å². The number of hydrogen-bond acceptors (Lipinski definition) is 2. The van der Waals surface area contributed by atoms with Crippen LogP contribution in [-0.2, 0) is 15.0 Å². The third-order valence-electron chi connectivity index (χ3n) is 5.85. The maximum absolute atomic E-state index is 13.0. The van der Waals surface area contributed by atoms with E-state index in [9.17, 15) is 9.59 Å². The zero-order valence-corrected chi connectivity index (χ0v) is 16.2. The molecule has 5 heteroatoms. The van der Waals surface area contributed by atoms with Gasteiger partial charge in [-0.1, -0.05) is 43.0 Å². The second kappa shape index (κ2) is 8.90. The van der Waals surface area contributed by atoms with Crippen LogP contribution in [0.2, 0.25) is 5.02 Å². The number of benzene rings is 1. The number of hydrogen-bond donors (Lipinski definition) is 1. The molecule has 1 aliphatic carbocycles. The maximum atomic E-state index is 13.0. The molecule has 26 heavy (non-hydrogen) atoms. The third kappa shape index (κ3) is 4.40. The number of nitrogens with zero attached hydrogens (tertiary/aromatic N) is 1. The normalized spacial score (nSPS) is 20.0. The number of likely N-dealkylation sites (tertiary alicyclic amines) is 1. The van der Waals surface area contributed by atoms with Gasteiger partial charge in [0.1, 0.15) is 0 Å². The number of carbonyl (C=O) groups is 2. The minimum atomic E-state index is -0.414. The number of nitrogens with one attached hydrogen (secondary N) is 1. The molecule has 2 fully saturated rings. The Hall–Kier alpha value is -1.55. The summed E-state index contributed by atoms with van der Waals surface area (Å²) in [6.07, 6.45) is 8.68. The Labute approximate surface area is 161 Å². The Morgan fingerprint density at radius 3 is 2.54 bits per heavy atom. The predicted molar refractivity (Wildman–Crippen MR) is 104 cm³/mol. The van der Waals surface area contributed by atoms with Crippen molar-refractivity contribution in [2.45, 2.75) is 63.2 Å². The lowest BCUT2D eigenvalue weighted by molar-refractivity contribution is -0.130. The fraction of sp³-hybridized carbons (Fsp3) is 0.619. The molecular formula is C21H29ClN2O2. The summed E-state index contributed by atoms with van der Waals surface area (Å²) in [5, 5.41) is 3.84. The first-order valence-electron chi connectivity index (χ1n) is 9.94. The Morgan fingerprint density at radius 1 is 1.08 bits per heavy atom. The van der Waals surface area contributed by atoms with Gasteiger partial charge in [0.05, 0.1) is 5.41 Å². The largest absolute Gasteiger partial charge is 0.355 e. The molecule has 1 aliphatic heterocycles. The molecule has 4 nitrogen and oxygen atoms in total. The highest BCUT2D eigenvalue weighted by atomic mass is 35.5. The van der Waals surface area contributed by atoms with Crippen LogP contribution in [0.1, 0.15) is 63.4 Å². The van der Waals surface area contributed by atoms with E-state index in [4.69, 9.17) is 11.6 Å². The summed E-state index contributed by atoms with van der Waals surface area (Å²) < 4.78 is 0. The summed E-state index contributed by atoms with van der Waals surface area (Å²) in [6.45, 7) is 2.23. The average molecular weight is 377 g/mol. The highest BCUT2D eigenvalue weighted by Crippen LogP contribution is 2.41. The van der Waals surface area contributed by atoms with Crippen LogP contribution in [-0.4, -0.2) is 36.3 Å². The van der Waals surface area contributed by atoms with Gasteiger partial charge in [0.2, 0.25) is 11.8 Å². The van der Waals surface area contributed by atoms with E-state index in [0.29, 0.717) is 18.0 Å². The molecule has 2 aliphatic rings. The number of halogens is 1. The smallest absolute Gasteiger partial charge is 0.230 e. The average Bonchev–Trinajstić information content (AvgIpc) is 3.05. The lowest BCUT2D eigenvalue weighted by Crippen LogP contribution is -2.43. The molecule has 0 bridgehead atoms. The topological polar surface area (TPSA) is 49.4 Å². The quantitative estimate of drug-likeness (QED) is 0.761. The van der Waals surface area contributed by atoms with Crippen LogP contribution in [0.4, 0.5) is 0 Å². The van der Waals surface area contributed by atoms with E-state index in [1.165, 1.54) is 0 Å². The summed E-state index contributed by atoms with van der Waals surface area (Å²) in [5.74, 6) is 0.391. The minimum absolute atomic E-state index is 0.125. The Balaban J connectivity index is 1.54. The summed E-state index contributed by atoms with van der Waals surface area (Å²) in [6, 6.07) is 7.72. The SMILES string of the molecule is O=C1CCCCCN1CCCNC(=O)C1(c2ccc(Cl)cc2)CCCC1. The van der Waals surface area contributed by atoms with Gasteiger partial charge in [-0.05, 0) is 49.8 Å². The van der Waals surface area contributed by atoms with Crippen molar-refractivity contribution in [3.63, 3.8) is 0 Å². The monoisotopic (exact) mass is 376 g/mol. The van der Waals surface area contributed by atoms with Crippen molar-refractivity contribution in [1.29, 1.82) is 0 Å². The fourth-order valence-corrected chi connectivity index (χ4v) is 4.44. The van der Waals surface area contributed by atoms with Gasteiger partial charge in [-0.25, -0.2) is 0 Å². The molecule has 1 aromatic rings. The van der Waals surface area contributed by atoms with Crippen LogP contribution in [0.3, 0.4) is 0 Å². The van der Waals surface area contributed by atoms with Crippen molar-refractivity contribution in [3.8, 4) is 0 Å². The molecule has 1 saturated carbocycles. The highest BCUT2D eigenvalue weighted by molar-refractivity contribution is 6.30. The van der Waals surface area contributed by atoms with Crippen molar-refractivity contribution >= 4 is 23.4 Å². The number of rotatable bonds is 6.